The van der Waals surface area contributed by atoms with Gasteiger partial charge in [-0.2, -0.15) is 0 Å². The number of hydrogen-bond donors (Lipinski definition) is 1. The first-order valence-corrected chi connectivity index (χ1v) is 7.05. The molecule has 0 atom stereocenters. The van der Waals surface area contributed by atoms with E-state index in [9.17, 15) is 9.59 Å². The van der Waals surface area contributed by atoms with E-state index in [0.29, 0.717) is 17.7 Å². The Balaban J connectivity index is 1.87. The molecule has 1 aromatic heterocycles. The Kier molecular flexibility index (Phi) is 3.94. The van der Waals surface area contributed by atoms with Gasteiger partial charge in [0.1, 0.15) is 12.4 Å². The zero-order valence-electron chi connectivity index (χ0n) is 11.5. The predicted molar refractivity (Wildman–Crippen MR) is 84.3 cm³/mol. The number of fused-ring (bicyclic) bond motifs is 1. The second-order valence-electron chi connectivity index (χ2n) is 4.79. The van der Waals surface area contributed by atoms with E-state index >= 15 is 0 Å². The Morgan fingerprint density at radius 2 is 1.86 bits per heavy atom. The van der Waals surface area contributed by atoms with Crippen molar-refractivity contribution in [2.45, 2.75) is 6.61 Å². The van der Waals surface area contributed by atoms with Crippen molar-refractivity contribution in [1.29, 1.82) is 0 Å². The fourth-order valence-corrected chi connectivity index (χ4v) is 2.33. The number of aromatic amines is 1. The second-order valence-corrected chi connectivity index (χ2v) is 5.13. The Morgan fingerprint density at radius 1 is 1.09 bits per heavy atom. The van der Waals surface area contributed by atoms with Gasteiger partial charge < -0.3 is 9.72 Å². The van der Waals surface area contributed by atoms with Gasteiger partial charge in [-0.25, -0.2) is 0 Å². The number of Topliss-reactive ketones (excluding diaryl/α,β-unsaturated/α-hetero) is 1. The van der Waals surface area contributed by atoms with Gasteiger partial charge in [0.05, 0.1) is 5.56 Å². The molecule has 1 N–H and O–H groups in total. The number of aromatic nitrogens is 1. The summed E-state index contributed by atoms with van der Waals surface area (Å²) >= 11 is 5.27. The fourth-order valence-electron chi connectivity index (χ4n) is 2.22. The molecule has 1 heterocycles. The second kappa shape index (κ2) is 6.03. The molecule has 0 fully saturated rings. The topological polar surface area (TPSA) is 59.2 Å². The SMILES string of the molecule is O=C(Cl)C(=O)c1c[nH]c2ccc(OCc3ccccc3)cc12. The normalized spacial score (nSPS) is 10.6. The molecule has 5 heteroatoms. The van der Waals surface area contributed by atoms with Crippen LogP contribution in [-0.4, -0.2) is 16.0 Å². The summed E-state index contributed by atoms with van der Waals surface area (Å²) in [7, 11) is 0. The maximum absolute atomic E-state index is 11.8. The third kappa shape index (κ3) is 2.87. The number of hydrogen-bond acceptors (Lipinski definition) is 3. The number of carbonyl (C=O) groups is 2. The van der Waals surface area contributed by atoms with Gasteiger partial charge in [-0.1, -0.05) is 30.3 Å². The molecule has 0 aliphatic rings. The Bertz CT molecular complexity index is 839. The number of rotatable bonds is 5. The number of ketones is 1. The highest BCUT2D eigenvalue weighted by Crippen LogP contribution is 2.25. The summed E-state index contributed by atoms with van der Waals surface area (Å²) in [4.78, 5) is 25.8. The van der Waals surface area contributed by atoms with Crippen LogP contribution in [0.15, 0.2) is 54.7 Å². The fraction of sp³-hybridized carbons (Fsp3) is 0.0588. The van der Waals surface area contributed by atoms with Gasteiger partial charge in [0.15, 0.2) is 0 Å². The summed E-state index contributed by atoms with van der Waals surface area (Å²) in [5.74, 6) is -0.111. The molecule has 0 amide bonds. The maximum atomic E-state index is 11.8. The van der Waals surface area contributed by atoms with Gasteiger partial charge in [0, 0.05) is 17.1 Å². The first kappa shape index (κ1) is 14.4. The minimum absolute atomic E-state index is 0.250. The Labute approximate surface area is 131 Å². The molecule has 0 spiro atoms. The average molecular weight is 314 g/mol. The maximum Gasteiger partial charge on any atom is 0.293 e. The minimum Gasteiger partial charge on any atom is -0.489 e. The van der Waals surface area contributed by atoms with Crippen molar-refractivity contribution in [3.05, 3.63) is 65.9 Å². The van der Waals surface area contributed by atoms with Crippen LogP contribution in [0, 0.1) is 0 Å². The lowest BCUT2D eigenvalue weighted by atomic mass is 10.1. The van der Waals surface area contributed by atoms with E-state index in [-0.39, 0.29) is 5.56 Å². The highest BCUT2D eigenvalue weighted by molar-refractivity contribution is 6.83. The number of carbonyl (C=O) groups excluding carboxylic acids is 2. The van der Waals surface area contributed by atoms with Crippen molar-refractivity contribution in [1.82, 2.24) is 4.98 Å². The first-order chi connectivity index (χ1) is 10.6. The van der Waals surface area contributed by atoms with Gasteiger partial charge in [-0.3, -0.25) is 9.59 Å². The number of benzene rings is 2. The van der Waals surface area contributed by atoms with Gasteiger partial charge in [0.2, 0.25) is 5.78 Å². The summed E-state index contributed by atoms with van der Waals surface area (Å²) in [5.41, 5.74) is 2.04. The molecule has 0 saturated heterocycles. The molecule has 3 rings (SSSR count). The Morgan fingerprint density at radius 3 is 2.59 bits per heavy atom. The molecule has 0 saturated carbocycles. The van der Waals surface area contributed by atoms with Gasteiger partial charge in [-0.15, -0.1) is 0 Å². The zero-order valence-corrected chi connectivity index (χ0v) is 12.3. The summed E-state index contributed by atoms with van der Waals surface area (Å²) in [5, 5.41) is -0.388. The van der Waals surface area contributed by atoms with Crippen molar-refractivity contribution in [3.8, 4) is 5.75 Å². The molecule has 110 valence electrons. The van der Waals surface area contributed by atoms with Crippen LogP contribution >= 0.6 is 11.6 Å². The van der Waals surface area contributed by atoms with Crippen LogP contribution in [0.5, 0.6) is 5.75 Å². The van der Waals surface area contributed by atoms with Crippen LogP contribution in [0.1, 0.15) is 15.9 Å². The van der Waals surface area contributed by atoms with Gasteiger partial charge in [0.25, 0.3) is 5.24 Å². The Hall–Kier alpha value is -2.59. The molecule has 4 nitrogen and oxygen atoms in total. The average Bonchev–Trinajstić information content (AvgIpc) is 2.96. The minimum atomic E-state index is -1.00. The number of H-pyrrole nitrogens is 1. The van der Waals surface area contributed by atoms with Crippen LogP contribution in [-0.2, 0) is 11.4 Å². The van der Waals surface area contributed by atoms with E-state index in [4.69, 9.17) is 16.3 Å². The van der Waals surface area contributed by atoms with Crippen LogP contribution in [0.2, 0.25) is 0 Å². The van der Waals surface area contributed by atoms with Crippen molar-refractivity contribution < 1.29 is 14.3 Å². The quantitative estimate of drug-likeness (QED) is 0.444. The molecule has 22 heavy (non-hydrogen) atoms. The highest BCUT2D eigenvalue weighted by atomic mass is 35.5. The van der Waals surface area contributed by atoms with E-state index in [1.807, 2.05) is 30.3 Å². The van der Waals surface area contributed by atoms with Gasteiger partial charge >= 0.3 is 0 Å². The number of nitrogens with one attached hydrogen (secondary N) is 1. The van der Waals surface area contributed by atoms with Crippen molar-refractivity contribution in [2.75, 3.05) is 0 Å². The van der Waals surface area contributed by atoms with Crippen molar-refractivity contribution >= 4 is 33.5 Å². The van der Waals surface area contributed by atoms with Crippen LogP contribution < -0.4 is 4.74 Å². The molecular formula is C17H12ClNO3. The largest absolute Gasteiger partial charge is 0.489 e. The van der Waals surface area contributed by atoms with Gasteiger partial charge in [-0.05, 0) is 35.4 Å². The molecule has 0 unspecified atom stereocenters. The van der Waals surface area contributed by atoms with Crippen LogP contribution in [0.4, 0.5) is 0 Å². The lowest BCUT2D eigenvalue weighted by molar-refractivity contribution is -0.108. The molecule has 0 bridgehead atoms. The van der Waals surface area contributed by atoms with Crippen molar-refractivity contribution in [3.63, 3.8) is 0 Å². The van der Waals surface area contributed by atoms with Crippen molar-refractivity contribution in [2.24, 2.45) is 0 Å². The molecule has 3 aromatic rings. The van der Waals surface area contributed by atoms with Crippen LogP contribution in [0.3, 0.4) is 0 Å². The smallest absolute Gasteiger partial charge is 0.293 e. The third-order valence-electron chi connectivity index (χ3n) is 3.32. The predicted octanol–water partition coefficient (Wildman–Crippen LogP) is 3.70. The summed E-state index contributed by atoms with van der Waals surface area (Å²) in [6.07, 6.45) is 1.48. The van der Waals surface area contributed by atoms with E-state index in [1.165, 1.54) is 6.20 Å². The summed E-state index contributed by atoms with van der Waals surface area (Å²) in [6, 6.07) is 15.1. The summed E-state index contributed by atoms with van der Waals surface area (Å²) < 4.78 is 5.72. The molecular weight excluding hydrogens is 302 g/mol. The molecule has 0 aliphatic carbocycles. The molecule has 0 aliphatic heterocycles. The van der Waals surface area contributed by atoms with E-state index in [1.54, 1.807) is 18.2 Å². The molecule has 0 radical (unpaired) electrons. The van der Waals surface area contributed by atoms with Crippen LogP contribution in [0.25, 0.3) is 10.9 Å². The van der Waals surface area contributed by atoms with E-state index in [2.05, 4.69) is 4.98 Å². The monoisotopic (exact) mass is 313 g/mol. The van der Waals surface area contributed by atoms with E-state index in [0.717, 1.165) is 11.1 Å². The van der Waals surface area contributed by atoms with E-state index < -0.39 is 11.0 Å². The highest BCUT2D eigenvalue weighted by Gasteiger charge is 2.18. The number of ether oxygens (including phenoxy) is 1. The first-order valence-electron chi connectivity index (χ1n) is 6.67. The number of halogens is 1. The lowest BCUT2D eigenvalue weighted by Gasteiger charge is -2.06. The molecule has 2 aromatic carbocycles. The zero-order chi connectivity index (χ0) is 15.5. The standard InChI is InChI=1S/C17H12ClNO3/c18-17(21)16(20)14-9-19-15-7-6-12(8-13(14)15)22-10-11-4-2-1-3-5-11/h1-9,19H,10H2. The summed E-state index contributed by atoms with van der Waals surface area (Å²) in [6.45, 7) is 0.425. The lowest BCUT2D eigenvalue weighted by Crippen LogP contribution is -2.06. The third-order valence-corrected chi connectivity index (χ3v) is 3.50.